The lowest BCUT2D eigenvalue weighted by molar-refractivity contribution is -0.123. The maximum absolute atomic E-state index is 11.5. The molecule has 1 aliphatic heterocycles. The highest BCUT2D eigenvalue weighted by atomic mass is 35.5. The number of anilines is 1. The molecule has 1 saturated heterocycles. The molecule has 0 unspecified atom stereocenters. The lowest BCUT2D eigenvalue weighted by Gasteiger charge is -2.19. The number of carbonyl (C=O) groups excluding carboxylic acids is 1. The highest BCUT2D eigenvalue weighted by Gasteiger charge is 2.28. The van der Waals surface area contributed by atoms with E-state index in [4.69, 9.17) is 47.0 Å². The van der Waals surface area contributed by atoms with Gasteiger partial charge in [0.15, 0.2) is 4.32 Å². The largest absolute Gasteiger partial charge is 0.287 e. The van der Waals surface area contributed by atoms with Gasteiger partial charge >= 0.3 is 0 Å². The molecule has 1 N–H and O–H groups in total. The van der Waals surface area contributed by atoms with Crippen molar-refractivity contribution in [1.82, 2.24) is 5.01 Å². The second-order valence-corrected chi connectivity index (χ2v) is 6.00. The lowest BCUT2D eigenvalue weighted by atomic mass is 10.3. The third-order valence-corrected chi connectivity index (χ3v) is 4.15. The van der Waals surface area contributed by atoms with Gasteiger partial charge in [0.05, 0.1) is 21.5 Å². The number of rotatable bonds is 2. The van der Waals surface area contributed by atoms with Crippen molar-refractivity contribution < 1.29 is 4.79 Å². The van der Waals surface area contributed by atoms with E-state index in [1.165, 1.54) is 28.9 Å². The van der Waals surface area contributed by atoms with E-state index >= 15 is 0 Å². The van der Waals surface area contributed by atoms with Gasteiger partial charge < -0.3 is 0 Å². The number of nitrogens with one attached hydrogen (secondary N) is 1. The zero-order valence-electron chi connectivity index (χ0n) is 8.17. The lowest BCUT2D eigenvalue weighted by Crippen LogP contribution is -2.34. The predicted octanol–water partition coefficient (Wildman–Crippen LogP) is 3.83. The fourth-order valence-electron chi connectivity index (χ4n) is 1.22. The molecule has 3 nitrogen and oxygen atoms in total. The first-order chi connectivity index (χ1) is 7.99. The molecule has 0 saturated carbocycles. The van der Waals surface area contributed by atoms with Crippen molar-refractivity contribution in [3.8, 4) is 0 Å². The smallest absolute Gasteiger partial charge is 0.257 e. The summed E-state index contributed by atoms with van der Waals surface area (Å²) in [4.78, 5) is 11.5. The average molecular weight is 328 g/mol. The van der Waals surface area contributed by atoms with Crippen LogP contribution in [0.4, 0.5) is 5.69 Å². The van der Waals surface area contributed by atoms with E-state index in [0.717, 1.165) is 0 Å². The van der Waals surface area contributed by atoms with Crippen LogP contribution in [0.25, 0.3) is 0 Å². The van der Waals surface area contributed by atoms with Gasteiger partial charge in [-0.1, -0.05) is 58.8 Å². The van der Waals surface area contributed by atoms with Gasteiger partial charge in [-0.15, -0.1) is 0 Å². The second-order valence-electron chi connectivity index (χ2n) is 3.14. The van der Waals surface area contributed by atoms with Crippen LogP contribution in [0, 0.1) is 0 Å². The number of nitrogens with zero attached hydrogens (tertiary/aromatic N) is 1. The summed E-state index contributed by atoms with van der Waals surface area (Å²) in [5.74, 6) is 0.177. The Morgan fingerprint density at radius 1 is 1.29 bits per heavy atom. The number of hydrazine groups is 1. The Balaban J connectivity index is 2.30. The molecule has 17 heavy (non-hydrogen) atoms. The summed E-state index contributed by atoms with van der Waals surface area (Å²) in [6, 6.07) is 3.07. The molecule has 0 aromatic heterocycles. The second kappa shape index (κ2) is 5.20. The van der Waals surface area contributed by atoms with Gasteiger partial charge in [-0.3, -0.25) is 10.2 Å². The van der Waals surface area contributed by atoms with Crippen molar-refractivity contribution in [3.63, 3.8) is 0 Å². The van der Waals surface area contributed by atoms with E-state index in [0.29, 0.717) is 30.8 Å². The molecule has 0 spiro atoms. The van der Waals surface area contributed by atoms with E-state index < -0.39 is 0 Å². The third-order valence-electron chi connectivity index (χ3n) is 1.98. The molecule has 8 heteroatoms. The van der Waals surface area contributed by atoms with E-state index in [9.17, 15) is 4.79 Å². The first-order valence-corrected chi connectivity index (χ1v) is 6.92. The Labute approximate surface area is 122 Å². The molecule has 1 aliphatic rings. The molecule has 0 bridgehead atoms. The zero-order chi connectivity index (χ0) is 12.6. The molecule has 1 aromatic carbocycles. The normalized spacial score (nSPS) is 15.6. The van der Waals surface area contributed by atoms with Gasteiger partial charge in [0.25, 0.3) is 5.91 Å². The first kappa shape index (κ1) is 13.2. The zero-order valence-corrected chi connectivity index (χ0v) is 12.1. The molecule has 1 amide bonds. The van der Waals surface area contributed by atoms with Crippen molar-refractivity contribution in [2.24, 2.45) is 0 Å². The van der Waals surface area contributed by atoms with Crippen molar-refractivity contribution in [2.45, 2.75) is 0 Å². The van der Waals surface area contributed by atoms with Crippen molar-refractivity contribution >= 4 is 74.7 Å². The fourth-order valence-corrected chi connectivity index (χ4v) is 3.10. The van der Waals surface area contributed by atoms with Crippen molar-refractivity contribution in [1.29, 1.82) is 0 Å². The minimum absolute atomic E-state index is 0.137. The molecule has 1 fully saturated rings. The number of hydrogen-bond donors (Lipinski definition) is 1. The van der Waals surface area contributed by atoms with Gasteiger partial charge in [0, 0.05) is 5.02 Å². The molecule has 1 aromatic rings. The molecule has 2 rings (SSSR count). The molecular formula is C9H5Cl3N2OS2. The van der Waals surface area contributed by atoms with Crippen molar-refractivity contribution in [3.05, 3.63) is 27.2 Å². The Hall–Kier alpha value is -0.200. The summed E-state index contributed by atoms with van der Waals surface area (Å²) < 4.78 is 0.442. The minimum atomic E-state index is -0.137. The van der Waals surface area contributed by atoms with Crippen LogP contribution in [0.3, 0.4) is 0 Å². The summed E-state index contributed by atoms with van der Waals surface area (Å²) in [7, 11) is 0. The summed E-state index contributed by atoms with van der Waals surface area (Å²) in [5, 5.41) is 2.33. The Morgan fingerprint density at radius 3 is 2.35 bits per heavy atom. The van der Waals surface area contributed by atoms with E-state index in [2.05, 4.69) is 5.43 Å². The maximum atomic E-state index is 11.5. The van der Waals surface area contributed by atoms with Crippen LogP contribution in [0.1, 0.15) is 0 Å². The fraction of sp³-hybridized carbons (Fsp3) is 0.111. The van der Waals surface area contributed by atoms with Crippen LogP contribution in [0.15, 0.2) is 12.1 Å². The highest BCUT2D eigenvalue weighted by molar-refractivity contribution is 8.23. The predicted molar refractivity (Wildman–Crippen MR) is 77.0 cm³/mol. The summed E-state index contributed by atoms with van der Waals surface area (Å²) in [6.45, 7) is 0. The number of benzene rings is 1. The minimum Gasteiger partial charge on any atom is -0.287 e. The standard InChI is InChI=1S/C9H5Cl3N2OS2/c10-4-1-5(11)8(6(12)2-4)13-14-7(15)3-17-9(14)16/h1-2,13H,3H2. The summed E-state index contributed by atoms with van der Waals surface area (Å²) in [5.41, 5.74) is 3.22. The van der Waals surface area contributed by atoms with Gasteiger partial charge in [0.2, 0.25) is 0 Å². The number of amides is 1. The quantitative estimate of drug-likeness (QED) is 0.837. The third kappa shape index (κ3) is 2.80. The molecule has 0 aliphatic carbocycles. The van der Waals surface area contributed by atoms with Crippen LogP contribution in [-0.2, 0) is 4.79 Å². The number of hydrogen-bond acceptors (Lipinski definition) is 4. The summed E-state index contributed by atoms with van der Waals surface area (Å²) >= 11 is 24.1. The monoisotopic (exact) mass is 326 g/mol. The van der Waals surface area contributed by atoms with Crippen molar-refractivity contribution in [2.75, 3.05) is 11.2 Å². The van der Waals surface area contributed by atoms with Crippen LogP contribution < -0.4 is 5.43 Å². The Kier molecular flexibility index (Phi) is 4.05. The molecular weight excluding hydrogens is 323 g/mol. The molecule has 1 heterocycles. The number of thiocarbonyl (C=S) groups is 1. The Bertz CT molecular complexity index is 470. The molecule has 90 valence electrons. The van der Waals surface area contributed by atoms with E-state index in [1.807, 2.05) is 0 Å². The first-order valence-electron chi connectivity index (χ1n) is 4.40. The van der Waals surface area contributed by atoms with E-state index in [1.54, 1.807) is 0 Å². The maximum Gasteiger partial charge on any atom is 0.257 e. The Morgan fingerprint density at radius 2 is 1.88 bits per heavy atom. The highest BCUT2D eigenvalue weighted by Crippen LogP contribution is 2.35. The summed E-state index contributed by atoms with van der Waals surface area (Å²) in [6.07, 6.45) is 0. The van der Waals surface area contributed by atoms with E-state index in [-0.39, 0.29) is 5.91 Å². The van der Waals surface area contributed by atoms with Crippen LogP contribution in [-0.4, -0.2) is 21.0 Å². The molecule has 0 atom stereocenters. The van der Waals surface area contributed by atoms with Gasteiger partial charge in [0.1, 0.15) is 0 Å². The number of carbonyl (C=O) groups is 1. The van der Waals surface area contributed by atoms with Gasteiger partial charge in [-0.25, -0.2) is 5.01 Å². The number of halogens is 3. The number of thioether (sulfide) groups is 1. The molecule has 0 radical (unpaired) electrons. The SMILES string of the molecule is O=C1CSC(=S)N1Nc1c(Cl)cc(Cl)cc1Cl. The van der Waals surface area contributed by atoms with Crippen LogP contribution >= 0.6 is 58.8 Å². The average Bonchev–Trinajstić information content (AvgIpc) is 2.53. The van der Waals surface area contributed by atoms with Crippen LogP contribution in [0.5, 0.6) is 0 Å². The van der Waals surface area contributed by atoms with Gasteiger partial charge in [-0.2, -0.15) is 0 Å². The van der Waals surface area contributed by atoms with Crippen LogP contribution in [0.2, 0.25) is 15.1 Å². The topological polar surface area (TPSA) is 32.3 Å². The van der Waals surface area contributed by atoms with Gasteiger partial charge in [-0.05, 0) is 12.1 Å².